The van der Waals surface area contributed by atoms with Gasteiger partial charge in [0, 0.05) is 5.56 Å². The standard InChI is InChI=1S/C11H9Cl2NO3/c12-7-2-1-5(3-8(7)13)9(15)6-4-11(6,14)10(16)17/h1-3,6H,4,14H2,(H,16,17). The number of Topliss-reactive ketones (excluding diaryl/α,β-unsaturated/α-hetero) is 1. The molecule has 0 aromatic heterocycles. The fraction of sp³-hybridized carbons (Fsp3) is 0.273. The molecule has 0 radical (unpaired) electrons. The molecular formula is C11H9Cl2NO3. The van der Waals surface area contributed by atoms with Crippen molar-refractivity contribution in [3.8, 4) is 0 Å². The molecule has 0 spiro atoms. The summed E-state index contributed by atoms with van der Waals surface area (Å²) in [5.74, 6) is -2.15. The first-order valence-corrected chi connectivity index (χ1v) is 5.63. The molecule has 4 nitrogen and oxygen atoms in total. The lowest BCUT2D eigenvalue weighted by molar-refractivity contribution is -0.139. The van der Waals surface area contributed by atoms with Crippen LogP contribution >= 0.6 is 23.2 Å². The number of aliphatic carboxylic acids is 1. The first-order chi connectivity index (χ1) is 7.86. The van der Waals surface area contributed by atoms with Crippen molar-refractivity contribution < 1.29 is 14.7 Å². The van der Waals surface area contributed by atoms with E-state index >= 15 is 0 Å². The summed E-state index contributed by atoms with van der Waals surface area (Å²) in [5.41, 5.74) is 4.46. The lowest BCUT2D eigenvalue weighted by Crippen LogP contribution is -2.36. The molecule has 1 aliphatic carbocycles. The molecule has 1 fully saturated rings. The molecule has 3 N–H and O–H groups in total. The Morgan fingerprint density at radius 3 is 2.47 bits per heavy atom. The summed E-state index contributed by atoms with van der Waals surface area (Å²) in [7, 11) is 0. The molecular weight excluding hydrogens is 265 g/mol. The van der Waals surface area contributed by atoms with Crippen molar-refractivity contribution in [2.24, 2.45) is 11.7 Å². The van der Waals surface area contributed by atoms with Crippen LogP contribution in [0, 0.1) is 5.92 Å². The van der Waals surface area contributed by atoms with Gasteiger partial charge in [-0.1, -0.05) is 23.2 Å². The van der Waals surface area contributed by atoms with E-state index in [9.17, 15) is 9.59 Å². The van der Waals surface area contributed by atoms with Crippen molar-refractivity contribution in [1.29, 1.82) is 0 Å². The Morgan fingerprint density at radius 1 is 1.35 bits per heavy atom. The summed E-state index contributed by atoms with van der Waals surface area (Å²) in [6.45, 7) is 0. The Kier molecular flexibility index (Phi) is 2.89. The second kappa shape index (κ2) is 3.98. The van der Waals surface area contributed by atoms with E-state index in [-0.39, 0.29) is 17.2 Å². The van der Waals surface area contributed by atoms with Gasteiger partial charge in [-0.15, -0.1) is 0 Å². The third kappa shape index (κ3) is 2.04. The highest BCUT2D eigenvalue weighted by atomic mass is 35.5. The number of rotatable bonds is 3. The molecule has 0 heterocycles. The number of carbonyl (C=O) groups excluding carboxylic acids is 1. The van der Waals surface area contributed by atoms with Crippen molar-refractivity contribution in [1.82, 2.24) is 0 Å². The first-order valence-electron chi connectivity index (χ1n) is 4.88. The molecule has 1 aromatic rings. The van der Waals surface area contributed by atoms with Gasteiger partial charge in [0.1, 0.15) is 5.54 Å². The zero-order chi connectivity index (χ0) is 12.8. The van der Waals surface area contributed by atoms with Gasteiger partial charge in [0.15, 0.2) is 5.78 Å². The number of hydrogen-bond donors (Lipinski definition) is 2. The predicted octanol–water partition coefficient (Wildman–Crippen LogP) is 1.98. The fourth-order valence-electron chi connectivity index (χ4n) is 1.69. The molecule has 2 rings (SSSR count). The molecule has 0 amide bonds. The van der Waals surface area contributed by atoms with Gasteiger partial charge in [-0.2, -0.15) is 0 Å². The second-order valence-corrected chi connectivity index (χ2v) is 4.91. The molecule has 1 saturated carbocycles. The Labute approximate surface area is 107 Å². The smallest absolute Gasteiger partial charge is 0.324 e. The maximum atomic E-state index is 11.9. The minimum Gasteiger partial charge on any atom is -0.480 e. The Morgan fingerprint density at radius 2 is 2.00 bits per heavy atom. The average molecular weight is 274 g/mol. The average Bonchev–Trinajstić information content (AvgIpc) is 2.95. The quantitative estimate of drug-likeness (QED) is 0.826. The minimum absolute atomic E-state index is 0.154. The van der Waals surface area contributed by atoms with E-state index in [1.165, 1.54) is 18.2 Å². The van der Waals surface area contributed by atoms with Crippen molar-refractivity contribution in [2.75, 3.05) is 0 Å². The van der Waals surface area contributed by atoms with E-state index in [1.54, 1.807) is 0 Å². The number of halogens is 2. The number of carbonyl (C=O) groups is 2. The van der Waals surface area contributed by atoms with E-state index in [0.29, 0.717) is 10.6 Å². The van der Waals surface area contributed by atoms with Gasteiger partial charge < -0.3 is 10.8 Å². The lowest BCUT2D eigenvalue weighted by Gasteiger charge is -2.05. The van der Waals surface area contributed by atoms with Crippen LogP contribution < -0.4 is 5.73 Å². The van der Waals surface area contributed by atoms with Crippen LogP contribution in [0.2, 0.25) is 10.0 Å². The molecule has 0 bridgehead atoms. The van der Waals surface area contributed by atoms with Crippen LogP contribution in [-0.4, -0.2) is 22.4 Å². The first kappa shape index (κ1) is 12.4. The zero-order valence-corrected chi connectivity index (χ0v) is 10.1. The number of nitrogens with two attached hydrogens (primary N) is 1. The van der Waals surface area contributed by atoms with Crippen LogP contribution in [0.25, 0.3) is 0 Å². The van der Waals surface area contributed by atoms with Gasteiger partial charge in [-0.3, -0.25) is 9.59 Å². The largest absolute Gasteiger partial charge is 0.480 e. The molecule has 0 saturated heterocycles. The van der Waals surface area contributed by atoms with Crippen molar-refractivity contribution in [3.63, 3.8) is 0 Å². The summed E-state index contributed by atoms with van der Waals surface area (Å²) >= 11 is 11.5. The second-order valence-electron chi connectivity index (χ2n) is 4.10. The van der Waals surface area contributed by atoms with E-state index in [4.69, 9.17) is 34.0 Å². The zero-order valence-electron chi connectivity index (χ0n) is 8.61. The number of hydrogen-bond acceptors (Lipinski definition) is 3. The summed E-state index contributed by atoms with van der Waals surface area (Å²) in [4.78, 5) is 22.8. The van der Waals surface area contributed by atoms with E-state index < -0.39 is 17.4 Å². The normalized spacial score (nSPS) is 26.6. The fourth-order valence-corrected chi connectivity index (χ4v) is 1.99. The van der Waals surface area contributed by atoms with Crippen LogP contribution in [0.5, 0.6) is 0 Å². The summed E-state index contributed by atoms with van der Waals surface area (Å²) < 4.78 is 0. The van der Waals surface area contributed by atoms with Crippen molar-refractivity contribution in [2.45, 2.75) is 12.0 Å². The highest BCUT2D eigenvalue weighted by molar-refractivity contribution is 6.42. The maximum Gasteiger partial charge on any atom is 0.324 e. The third-order valence-electron chi connectivity index (χ3n) is 2.92. The van der Waals surface area contributed by atoms with Crippen molar-refractivity contribution >= 4 is 35.0 Å². The van der Waals surface area contributed by atoms with Crippen LogP contribution in [-0.2, 0) is 4.79 Å². The molecule has 2 unspecified atom stereocenters. The molecule has 0 aliphatic heterocycles. The summed E-state index contributed by atoms with van der Waals surface area (Å²) in [5, 5.41) is 9.46. The maximum absolute atomic E-state index is 11.9. The minimum atomic E-state index is -1.43. The monoisotopic (exact) mass is 273 g/mol. The van der Waals surface area contributed by atoms with Crippen LogP contribution in [0.15, 0.2) is 18.2 Å². The van der Waals surface area contributed by atoms with Crippen LogP contribution in [0.3, 0.4) is 0 Å². The van der Waals surface area contributed by atoms with E-state index in [2.05, 4.69) is 0 Å². The number of benzene rings is 1. The predicted molar refractivity (Wildman–Crippen MR) is 63.5 cm³/mol. The topological polar surface area (TPSA) is 80.4 Å². The lowest BCUT2D eigenvalue weighted by atomic mass is 10.0. The molecule has 1 aromatic carbocycles. The van der Waals surface area contributed by atoms with Gasteiger partial charge in [0.2, 0.25) is 0 Å². The van der Waals surface area contributed by atoms with E-state index in [1.807, 2.05) is 0 Å². The molecule has 90 valence electrons. The Balaban J connectivity index is 2.23. The van der Waals surface area contributed by atoms with Gasteiger partial charge in [-0.05, 0) is 24.6 Å². The van der Waals surface area contributed by atoms with E-state index in [0.717, 1.165) is 0 Å². The van der Waals surface area contributed by atoms with Gasteiger partial charge >= 0.3 is 5.97 Å². The highest BCUT2D eigenvalue weighted by Crippen LogP contribution is 2.43. The molecule has 1 aliphatic rings. The number of carboxylic acids is 1. The van der Waals surface area contributed by atoms with Gasteiger partial charge in [0.05, 0.1) is 16.0 Å². The van der Waals surface area contributed by atoms with Crippen LogP contribution in [0.4, 0.5) is 0 Å². The molecule has 17 heavy (non-hydrogen) atoms. The number of carboxylic acid groups (broad SMARTS) is 1. The molecule has 2 atom stereocenters. The number of ketones is 1. The summed E-state index contributed by atoms with van der Waals surface area (Å²) in [6.07, 6.45) is 0.154. The highest BCUT2D eigenvalue weighted by Gasteiger charge is 2.61. The molecule has 6 heteroatoms. The van der Waals surface area contributed by atoms with Crippen molar-refractivity contribution in [3.05, 3.63) is 33.8 Å². The Hall–Kier alpha value is -1.10. The Bertz CT molecular complexity index is 517. The van der Waals surface area contributed by atoms with Crippen LogP contribution in [0.1, 0.15) is 16.8 Å². The van der Waals surface area contributed by atoms with Gasteiger partial charge in [0.25, 0.3) is 0 Å². The SMILES string of the molecule is NC1(C(=O)O)CC1C(=O)c1ccc(Cl)c(Cl)c1. The summed E-state index contributed by atoms with van der Waals surface area (Å²) in [6, 6.07) is 4.43. The third-order valence-corrected chi connectivity index (χ3v) is 3.66. The van der Waals surface area contributed by atoms with Gasteiger partial charge in [-0.25, -0.2) is 0 Å².